The minimum Gasteiger partial charge on any atom is -0.360 e. The highest BCUT2D eigenvalue weighted by atomic mass is 35.5. The number of carbonyl (C=O) groups excluding carboxylic acids is 2. The molecule has 3 rings (SSSR count). The Morgan fingerprint density at radius 3 is 2.38 bits per heavy atom. The number of rotatable bonds is 2. The number of aromatic nitrogens is 1. The number of hydrogen-bond acceptors (Lipinski definition) is 2. The van der Waals surface area contributed by atoms with Crippen LogP contribution in [0.2, 0.25) is 10.0 Å². The van der Waals surface area contributed by atoms with Gasteiger partial charge in [-0.25, -0.2) is 4.39 Å². The van der Waals surface area contributed by atoms with Crippen LogP contribution in [0.4, 0.5) is 4.39 Å². The topological polar surface area (TPSA) is 74.0 Å². The fraction of sp³-hybridized carbons (Fsp3) is 0. The molecule has 24 heavy (non-hydrogen) atoms. The SMILES string of the molecule is O=C(NNC(=O)c1c[nH]c2ccccc12)c1cc(F)c(Cl)cc1Cl. The van der Waals surface area contributed by atoms with E-state index in [0.717, 1.165) is 17.6 Å². The quantitative estimate of drug-likeness (QED) is 0.478. The second kappa shape index (κ2) is 6.51. The van der Waals surface area contributed by atoms with Gasteiger partial charge in [0.2, 0.25) is 0 Å². The summed E-state index contributed by atoms with van der Waals surface area (Å²) < 4.78 is 13.5. The van der Waals surface area contributed by atoms with Gasteiger partial charge in [0.25, 0.3) is 11.8 Å². The van der Waals surface area contributed by atoms with Gasteiger partial charge < -0.3 is 4.98 Å². The average Bonchev–Trinajstić information content (AvgIpc) is 3.00. The number of para-hydroxylation sites is 1. The molecule has 5 nitrogen and oxygen atoms in total. The molecule has 0 bridgehead atoms. The molecule has 8 heteroatoms. The molecular formula is C16H10Cl2FN3O2. The molecule has 0 aliphatic rings. The normalized spacial score (nSPS) is 10.6. The highest BCUT2D eigenvalue weighted by Crippen LogP contribution is 2.24. The van der Waals surface area contributed by atoms with Gasteiger partial charge in [-0.15, -0.1) is 0 Å². The van der Waals surface area contributed by atoms with E-state index in [4.69, 9.17) is 23.2 Å². The molecule has 0 saturated carbocycles. The van der Waals surface area contributed by atoms with Crippen molar-refractivity contribution < 1.29 is 14.0 Å². The summed E-state index contributed by atoms with van der Waals surface area (Å²) in [4.78, 5) is 27.2. The van der Waals surface area contributed by atoms with E-state index in [1.807, 2.05) is 12.1 Å². The molecule has 0 unspecified atom stereocenters. The van der Waals surface area contributed by atoms with Gasteiger partial charge in [-0.2, -0.15) is 0 Å². The Morgan fingerprint density at radius 2 is 1.62 bits per heavy atom. The lowest BCUT2D eigenvalue weighted by Crippen LogP contribution is -2.41. The van der Waals surface area contributed by atoms with Crippen molar-refractivity contribution in [1.82, 2.24) is 15.8 Å². The second-order valence-electron chi connectivity index (χ2n) is 4.90. The van der Waals surface area contributed by atoms with Crippen LogP contribution in [-0.2, 0) is 0 Å². The van der Waals surface area contributed by atoms with E-state index in [0.29, 0.717) is 10.9 Å². The third-order valence-electron chi connectivity index (χ3n) is 3.38. The maximum absolute atomic E-state index is 13.5. The molecule has 2 amide bonds. The van der Waals surface area contributed by atoms with Crippen LogP contribution in [0.25, 0.3) is 10.9 Å². The summed E-state index contributed by atoms with van der Waals surface area (Å²) in [6, 6.07) is 9.24. The van der Waals surface area contributed by atoms with E-state index in [1.54, 1.807) is 12.1 Å². The van der Waals surface area contributed by atoms with Crippen molar-refractivity contribution in [2.24, 2.45) is 0 Å². The Balaban J connectivity index is 1.75. The van der Waals surface area contributed by atoms with E-state index >= 15 is 0 Å². The van der Waals surface area contributed by atoms with Crippen LogP contribution >= 0.6 is 23.2 Å². The van der Waals surface area contributed by atoms with Crippen molar-refractivity contribution in [3.8, 4) is 0 Å². The van der Waals surface area contributed by atoms with Crippen molar-refractivity contribution >= 4 is 45.9 Å². The fourth-order valence-electron chi connectivity index (χ4n) is 2.20. The van der Waals surface area contributed by atoms with Crippen molar-refractivity contribution in [3.63, 3.8) is 0 Å². The molecule has 0 saturated heterocycles. The van der Waals surface area contributed by atoms with Gasteiger partial charge in [-0.05, 0) is 18.2 Å². The Morgan fingerprint density at radius 1 is 0.958 bits per heavy atom. The Bertz CT molecular complexity index is 956. The first-order valence-electron chi connectivity index (χ1n) is 6.78. The number of halogens is 3. The van der Waals surface area contributed by atoms with E-state index in [1.165, 1.54) is 6.20 Å². The smallest absolute Gasteiger partial charge is 0.271 e. The van der Waals surface area contributed by atoms with Crippen LogP contribution in [0.1, 0.15) is 20.7 Å². The van der Waals surface area contributed by atoms with E-state index in [2.05, 4.69) is 15.8 Å². The molecule has 3 aromatic rings. The average molecular weight is 366 g/mol. The predicted octanol–water partition coefficient (Wildman–Crippen LogP) is 3.69. The van der Waals surface area contributed by atoms with Crippen LogP contribution in [0.5, 0.6) is 0 Å². The number of carbonyl (C=O) groups is 2. The van der Waals surface area contributed by atoms with Crippen molar-refractivity contribution in [2.45, 2.75) is 0 Å². The third kappa shape index (κ3) is 3.06. The van der Waals surface area contributed by atoms with Crippen LogP contribution in [0, 0.1) is 5.82 Å². The van der Waals surface area contributed by atoms with Crippen molar-refractivity contribution in [3.05, 3.63) is 69.6 Å². The number of aromatic amines is 1. The van der Waals surface area contributed by atoms with E-state index < -0.39 is 17.6 Å². The highest BCUT2D eigenvalue weighted by Gasteiger charge is 2.16. The van der Waals surface area contributed by atoms with Gasteiger partial charge in [-0.1, -0.05) is 41.4 Å². The highest BCUT2D eigenvalue weighted by molar-refractivity contribution is 6.36. The van der Waals surface area contributed by atoms with Gasteiger partial charge in [0.15, 0.2) is 0 Å². The monoisotopic (exact) mass is 365 g/mol. The summed E-state index contributed by atoms with van der Waals surface area (Å²) in [5.41, 5.74) is 5.47. The van der Waals surface area contributed by atoms with Crippen molar-refractivity contribution in [2.75, 3.05) is 0 Å². The zero-order chi connectivity index (χ0) is 17.3. The van der Waals surface area contributed by atoms with E-state index in [9.17, 15) is 14.0 Å². The molecular weight excluding hydrogens is 356 g/mol. The summed E-state index contributed by atoms with van der Waals surface area (Å²) in [6.45, 7) is 0. The number of H-pyrrole nitrogens is 1. The molecule has 1 aromatic heterocycles. The number of fused-ring (bicyclic) bond motifs is 1. The van der Waals surface area contributed by atoms with Crippen LogP contribution in [0.3, 0.4) is 0 Å². The third-order valence-corrected chi connectivity index (χ3v) is 3.98. The van der Waals surface area contributed by atoms with Crippen LogP contribution in [-0.4, -0.2) is 16.8 Å². The van der Waals surface area contributed by atoms with Crippen LogP contribution < -0.4 is 10.9 Å². The van der Waals surface area contributed by atoms with Gasteiger partial charge >= 0.3 is 0 Å². The zero-order valence-electron chi connectivity index (χ0n) is 12.0. The molecule has 0 aliphatic carbocycles. The molecule has 0 aliphatic heterocycles. The van der Waals surface area contributed by atoms with Gasteiger partial charge in [0, 0.05) is 17.1 Å². The first-order chi connectivity index (χ1) is 11.5. The minimum absolute atomic E-state index is 0.0276. The maximum Gasteiger partial charge on any atom is 0.271 e. The predicted molar refractivity (Wildman–Crippen MR) is 89.7 cm³/mol. The Kier molecular flexibility index (Phi) is 4.42. The summed E-state index contributed by atoms with van der Waals surface area (Å²) in [7, 11) is 0. The first kappa shape index (κ1) is 16.3. The second-order valence-corrected chi connectivity index (χ2v) is 5.72. The molecule has 122 valence electrons. The maximum atomic E-state index is 13.5. The molecule has 0 radical (unpaired) electrons. The van der Waals surface area contributed by atoms with E-state index in [-0.39, 0.29) is 15.6 Å². The molecule has 0 fully saturated rings. The first-order valence-corrected chi connectivity index (χ1v) is 7.54. The lowest BCUT2D eigenvalue weighted by atomic mass is 10.2. The molecule has 2 aromatic carbocycles. The molecule has 0 atom stereocenters. The summed E-state index contributed by atoms with van der Waals surface area (Å²) >= 11 is 11.4. The lowest BCUT2D eigenvalue weighted by Gasteiger charge is -2.09. The van der Waals surface area contributed by atoms with Crippen molar-refractivity contribution in [1.29, 1.82) is 0 Å². The number of hydrogen-bond donors (Lipinski definition) is 3. The van der Waals surface area contributed by atoms with Crippen LogP contribution in [0.15, 0.2) is 42.6 Å². The number of benzene rings is 2. The van der Waals surface area contributed by atoms with Gasteiger partial charge in [-0.3, -0.25) is 20.4 Å². The Hall–Kier alpha value is -2.57. The lowest BCUT2D eigenvalue weighted by molar-refractivity contribution is 0.0847. The fourth-order valence-corrected chi connectivity index (χ4v) is 2.67. The Labute approximate surface area is 145 Å². The number of hydrazine groups is 1. The summed E-state index contributed by atoms with van der Waals surface area (Å²) in [5, 5.41) is 0.486. The number of amides is 2. The minimum atomic E-state index is -0.783. The summed E-state index contributed by atoms with van der Waals surface area (Å²) in [5.74, 6) is -2.07. The van der Waals surface area contributed by atoms with Gasteiger partial charge in [0.05, 0.1) is 21.2 Å². The zero-order valence-corrected chi connectivity index (χ0v) is 13.5. The molecule has 1 heterocycles. The standard InChI is InChI=1S/C16H10Cl2FN3O2/c17-11-6-12(18)13(19)5-9(11)15(23)21-22-16(24)10-7-20-14-4-2-1-3-8(10)14/h1-7,20H,(H,21,23)(H,22,24). The molecule has 0 spiro atoms. The summed E-state index contributed by atoms with van der Waals surface area (Å²) in [6.07, 6.45) is 1.53. The largest absolute Gasteiger partial charge is 0.360 e. The number of nitrogens with one attached hydrogen (secondary N) is 3. The van der Waals surface area contributed by atoms with Gasteiger partial charge in [0.1, 0.15) is 5.82 Å². The molecule has 3 N–H and O–H groups in total.